The van der Waals surface area contributed by atoms with E-state index in [2.05, 4.69) is 28.7 Å². The summed E-state index contributed by atoms with van der Waals surface area (Å²) in [4.78, 5) is 0. The quantitative estimate of drug-likeness (QED) is 0.438. The highest BCUT2D eigenvalue weighted by molar-refractivity contribution is 14.1. The Kier molecular flexibility index (Phi) is 1.53. The fourth-order valence-corrected chi connectivity index (χ4v) is 1.88. The van der Waals surface area contributed by atoms with Crippen molar-refractivity contribution in [2.45, 2.75) is 16.8 Å². The molecule has 0 radical (unpaired) electrons. The highest BCUT2D eigenvalue weighted by atomic mass is 127. The first-order chi connectivity index (χ1) is 3.33. The Morgan fingerprint density at radius 3 is 2.29 bits per heavy atom. The third-order valence-electron chi connectivity index (χ3n) is 1.26. The van der Waals surface area contributed by atoms with Gasteiger partial charge in [0.25, 0.3) is 0 Å². The first kappa shape index (κ1) is 5.36. The van der Waals surface area contributed by atoms with E-state index in [4.69, 9.17) is 5.26 Å². The largest absolute Gasteiger partial charge is 0.198 e. The maximum atomic E-state index is 8.25. The van der Waals surface area contributed by atoms with E-state index in [0.29, 0.717) is 5.92 Å². The molecular formula is C5H6IN. The number of alkyl halides is 1. The van der Waals surface area contributed by atoms with Crippen LogP contribution in [0.15, 0.2) is 0 Å². The first-order valence-corrected chi connectivity index (χ1v) is 3.61. The van der Waals surface area contributed by atoms with E-state index in [1.807, 2.05) is 0 Å². The number of rotatable bonds is 0. The molecule has 0 aromatic heterocycles. The molecular weight excluding hydrogens is 201 g/mol. The Morgan fingerprint density at radius 2 is 2.14 bits per heavy atom. The molecule has 38 valence electrons. The average Bonchev–Trinajstić information content (AvgIpc) is 1.58. The molecule has 0 bridgehead atoms. The zero-order chi connectivity index (χ0) is 5.28. The lowest BCUT2D eigenvalue weighted by Gasteiger charge is -2.24. The minimum atomic E-state index is 0.391. The topological polar surface area (TPSA) is 23.8 Å². The van der Waals surface area contributed by atoms with Crippen molar-refractivity contribution < 1.29 is 0 Å². The second-order valence-electron chi connectivity index (χ2n) is 1.89. The highest BCUT2D eigenvalue weighted by Gasteiger charge is 2.25. The van der Waals surface area contributed by atoms with E-state index in [1.54, 1.807) is 0 Å². The number of hydrogen-bond donors (Lipinski definition) is 0. The van der Waals surface area contributed by atoms with Gasteiger partial charge < -0.3 is 0 Å². The van der Waals surface area contributed by atoms with Crippen molar-refractivity contribution in [1.29, 1.82) is 5.26 Å². The summed E-state index contributed by atoms with van der Waals surface area (Å²) in [6, 6.07) is 2.23. The van der Waals surface area contributed by atoms with Gasteiger partial charge in [0, 0.05) is 9.84 Å². The van der Waals surface area contributed by atoms with Crippen LogP contribution in [0.3, 0.4) is 0 Å². The van der Waals surface area contributed by atoms with Gasteiger partial charge in [0.2, 0.25) is 0 Å². The minimum Gasteiger partial charge on any atom is -0.198 e. The van der Waals surface area contributed by atoms with Crippen LogP contribution in [0.4, 0.5) is 0 Å². The molecule has 2 heteroatoms. The Morgan fingerprint density at radius 1 is 1.57 bits per heavy atom. The summed E-state index contributed by atoms with van der Waals surface area (Å²) < 4.78 is 0.794. The van der Waals surface area contributed by atoms with Gasteiger partial charge in [-0.25, -0.2) is 0 Å². The van der Waals surface area contributed by atoms with Crippen molar-refractivity contribution in [3.8, 4) is 6.07 Å². The van der Waals surface area contributed by atoms with Crippen molar-refractivity contribution in [2.75, 3.05) is 0 Å². The summed E-state index contributed by atoms with van der Waals surface area (Å²) in [7, 11) is 0. The second-order valence-corrected chi connectivity index (χ2v) is 3.66. The van der Waals surface area contributed by atoms with E-state index in [1.165, 1.54) is 0 Å². The summed E-state index contributed by atoms with van der Waals surface area (Å²) in [5.41, 5.74) is 0. The maximum absolute atomic E-state index is 8.25. The molecule has 1 fully saturated rings. The van der Waals surface area contributed by atoms with Gasteiger partial charge in [-0.05, 0) is 12.8 Å². The van der Waals surface area contributed by atoms with Gasteiger partial charge in [-0.2, -0.15) is 5.26 Å². The number of nitrogens with zero attached hydrogens (tertiary/aromatic N) is 1. The molecule has 0 aromatic carbocycles. The molecule has 1 rings (SSSR count). The lowest BCUT2D eigenvalue weighted by Crippen LogP contribution is -2.21. The van der Waals surface area contributed by atoms with Crippen molar-refractivity contribution in [1.82, 2.24) is 0 Å². The molecule has 0 aromatic rings. The van der Waals surface area contributed by atoms with Gasteiger partial charge in [-0.3, -0.25) is 0 Å². The van der Waals surface area contributed by atoms with Crippen molar-refractivity contribution in [3.63, 3.8) is 0 Å². The van der Waals surface area contributed by atoms with E-state index >= 15 is 0 Å². The first-order valence-electron chi connectivity index (χ1n) is 2.36. The van der Waals surface area contributed by atoms with Crippen LogP contribution in [-0.4, -0.2) is 3.92 Å². The molecule has 0 aliphatic heterocycles. The summed E-state index contributed by atoms with van der Waals surface area (Å²) in [6.07, 6.45) is 2.24. The van der Waals surface area contributed by atoms with Crippen molar-refractivity contribution >= 4 is 22.6 Å². The third-order valence-corrected chi connectivity index (χ3v) is 2.28. The molecule has 0 saturated heterocycles. The summed E-state index contributed by atoms with van der Waals surface area (Å²) in [5, 5.41) is 8.25. The van der Waals surface area contributed by atoms with Crippen LogP contribution < -0.4 is 0 Å². The van der Waals surface area contributed by atoms with Gasteiger partial charge in [0.15, 0.2) is 0 Å². The van der Waals surface area contributed by atoms with Gasteiger partial charge in [0.1, 0.15) is 0 Å². The lowest BCUT2D eigenvalue weighted by molar-refractivity contribution is 0.428. The normalized spacial score (nSPS) is 38.9. The Hall–Kier alpha value is 0.220. The highest BCUT2D eigenvalue weighted by Crippen LogP contribution is 2.32. The zero-order valence-electron chi connectivity index (χ0n) is 3.89. The maximum Gasteiger partial charge on any atom is 0.0656 e. The molecule has 1 aliphatic rings. The monoisotopic (exact) mass is 207 g/mol. The van der Waals surface area contributed by atoms with Crippen LogP contribution in [0.1, 0.15) is 12.8 Å². The van der Waals surface area contributed by atoms with E-state index in [0.717, 1.165) is 16.8 Å². The fourth-order valence-electron chi connectivity index (χ4n) is 0.654. The molecule has 0 atom stereocenters. The SMILES string of the molecule is N#CC1CC(I)C1. The molecule has 1 saturated carbocycles. The molecule has 7 heavy (non-hydrogen) atoms. The van der Waals surface area contributed by atoms with Crippen LogP contribution in [0, 0.1) is 17.2 Å². The second kappa shape index (κ2) is 1.99. The van der Waals surface area contributed by atoms with Gasteiger partial charge in [0.05, 0.1) is 6.07 Å². The van der Waals surface area contributed by atoms with Crippen LogP contribution in [0.5, 0.6) is 0 Å². The molecule has 0 unspecified atom stereocenters. The van der Waals surface area contributed by atoms with Gasteiger partial charge in [-0.15, -0.1) is 0 Å². The predicted octanol–water partition coefficient (Wildman–Crippen LogP) is 1.72. The lowest BCUT2D eigenvalue weighted by atomic mass is 9.87. The van der Waals surface area contributed by atoms with Crippen LogP contribution >= 0.6 is 22.6 Å². The smallest absolute Gasteiger partial charge is 0.0656 e. The molecule has 0 spiro atoms. The van der Waals surface area contributed by atoms with Gasteiger partial charge >= 0.3 is 0 Å². The summed E-state index contributed by atoms with van der Waals surface area (Å²) >= 11 is 2.38. The van der Waals surface area contributed by atoms with Crippen LogP contribution in [-0.2, 0) is 0 Å². The van der Waals surface area contributed by atoms with E-state index in [-0.39, 0.29) is 0 Å². The fraction of sp³-hybridized carbons (Fsp3) is 0.800. The molecule has 0 N–H and O–H groups in total. The van der Waals surface area contributed by atoms with Crippen molar-refractivity contribution in [3.05, 3.63) is 0 Å². The number of halogens is 1. The number of hydrogen-bond acceptors (Lipinski definition) is 1. The molecule has 0 amide bonds. The Labute approximate surface area is 56.8 Å². The molecule has 1 aliphatic carbocycles. The van der Waals surface area contributed by atoms with E-state index < -0.39 is 0 Å². The Bertz CT molecular complexity index is 99.1. The summed E-state index contributed by atoms with van der Waals surface area (Å²) in [5.74, 6) is 0.391. The average molecular weight is 207 g/mol. The van der Waals surface area contributed by atoms with Gasteiger partial charge in [-0.1, -0.05) is 22.6 Å². The van der Waals surface area contributed by atoms with Crippen LogP contribution in [0.2, 0.25) is 0 Å². The molecule has 0 heterocycles. The zero-order valence-corrected chi connectivity index (χ0v) is 6.05. The minimum absolute atomic E-state index is 0.391. The van der Waals surface area contributed by atoms with Crippen molar-refractivity contribution in [2.24, 2.45) is 5.92 Å². The Balaban J connectivity index is 2.21. The van der Waals surface area contributed by atoms with E-state index in [9.17, 15) is 0 Å². The van der Waals surface area contributed by atoms with Crippen LogP contribution in [0.25, 0.3) is 0 Å². The molecule has 1 nitrogen and oxygen atoms in total. The summed E-state index contributed by atoms with van der Waals surface area (Å²) in [6.45, 7) is 0. The predicted molar refractivity (Wildman–Crippen MR) is 36.1 cm³/mol. The standard InChI is InChI=1S/C5H6IN/c6-5-1-4(2-5)3-7/h4-5H,1-2H2. The number of nitriles is 1. The third kappa shape index (κ3) is 1.06.